The molecule has 0 amide bonds. The van der Waals surface area contributed by atoms with Crippen LogP contribution in [0.3, 0.4) is 0 Å². The average molecular weight is 202 g/mol. The van der Waals surface area contributed by atoms with Crippen molar-refractivity contribution >= 4 is 11.6 Å². The summed E-state index contributed by atoms with van der Waals surface area (Å²) in [5.41, 5.74) is 0.665. The van der Waals surface area contributed by atoms with Gasteiger partial charge in [-0.2, -0.15) is 0 Å². The van der Waals surface area contributed by atoms with Crippen LogP contribution < -0.4 is 5.32 Å². The van der Waals surface area contributed by atoms with Gasteiger partial charge in [-0.25, -0.2) is 4.39 Å². The lowest BCUT2D eigenvalue weighted by Gasteiger charge is -2.04. The van der Waals surface area contributed by atoms with Gasteiger partial charge in [0.15, 0.2) is 0 Å². The first-order chi connectivity index (χ1) is 6.24. The molecular weight excluding hydrogens is 189 g/mol. The first kappa shape index (κ1) is 10.5. The van der Waals surface area contributed by atoms with Crippen molar-refractivity contribution in [2.75, 3.05) is 6.54 Å². The van der Waals surface area contributed by atoms with Gasteiger partial charge in [-0.3, -0.25) is 0 Å². The topological polar surface area (TPSA) is 12.0 Å². The minimum absolute atomic E-state index is 0.240. The normalized spacial score (nSPS) is 10.4. The Morgan fingerprint density at radius 1 is 1.46 bits per heavy atom. The summed E-state index contributed by atoms with van der Waals surface area (Å²) in [6.45, 7) is 3.55. The standard InChI is InChI=1S/C10H13ClFN/c1-2-5-13-7-8-3-4-9(11)6-10(8)12/h3-4,6,13H,2,5,7H2,1H3. The molecule has 13 heavy (non-hydrogen) atoms. The Morgan fingerprint density at radius 3 is 2.85 bits per heavy atom. The maximum absolute atomic E-state index is 13.2. The molecule has 0 bridgehead atoms. The fourth-order valence-corrected chi connectivity index (χ4v) is 1.22. The zero-order chi connectivity index (χ0) is 9.68. The van der Waals surface area contributed by atoms with Crippen molar-refractivity contribution in [1.82, 2.24) is 5.32 Å². The molecule has 0 saturated heterocycles. The number of hydrogen-bond donors (Lipinski definition) is 1. The molecule has 0 saturated carbocycles. The number of nitrogens with one attached hydrogen (secondary N) is 1. The third-order valence-electron chi connectivity index (χ3n) is 1.76. The summed E-state index contributed by atoms with van der Waals surface area (Å²) in [5, 5.41) is 3.57. The smallest absolute Gasteiger partial charge is 0.129 e. The van der Waals surface area contributed by atoms with E-state index in [1.807, 2.05) is 0 Å². The molecule has 1 rings (SSSR count). The van der Waals surface area contributed by atoms with E-state index in [0.717, 1.165) is 13.0 Å². The lowest BCUT2D eigenvalue weighted by molar-refractivity contribution is 0.586. The summed E-state index contributed by atoms with van der Waals surface area (Å²) in [5.74, 6) is -0.240. The van der Waals surface area contributed by atoms with E-state index in [1.54, 1.807) is 12.1 Å². The van der Waals surface area contributed by atoms with E-state index in [4.69, 9.17) is 11.6 Å². The molecule has 0 aromatic heterocycles. The molecule has 72 valence electrons. The second-order valence-electron chi connectivity index (χ2n) is 2.91. The molecule has 0 aliphatic rings. The Labute approximate surface area is 82.9 Å². The van der Waals surface area contributed by atoms with Crippen LogP contribution in [0.2, 0.25) is 5.02 Å². The van der Waals surface area contributed by atoms with Gasteiger partial charge < -0.3 is 5.32 Å². The van der Waals surface area contributed by atoms with Gasteiger partial charge >= 0.3 is 0 Å². The molecule has 0 aliphatic heterocycles. The zero-order valence-corrected chi connectivity index (χ0v) is 8.37. The van der Waals surface area contributed by atoms with Crippen LogP contribution in [0.4, 0.5) is 4.39 Å². The van der Waals surface area contributed by atoms with Gasteiger partial charge in [-0.1, -0.05) is 24.6 Å². The van der Waals surface area contributed by atoms with Crippen LogP contribution in [0.5, 0.6) is 0 Å². The van der Waals surface area contributed by atoms with Crippen molar-refractivity contribution in [3.63, 3.8) is 0 Å². The second kappa shape index (κ2) is 5.20. The van der Waals surface area contributed by atoms with Crippen molar-refractivity contribution in [2.45, 2.75) is 19.9 Å². The van der Waals surface area contributed by atoms with Crippen LogP contribution in [-0.4, -0.2) is 6.54 Å². The number of benzene rings is 1. The lowest BCUT2D eigenvalue weighted by atomic mass is 10.2. The highest BCUT2D eigenvalue weighted by Crippen LogP contribution is 2.14. The maximum atomic E-state index is 13.2. The molecule has 0 radical (unpaired) electrons. The monoisotopic (exact) mass is 201 g/mol. The van der Waals surface area contributed by atoms with Crippen LogP contribution in [0, 0.1) is 5.82 Å². The summed E-state index contributed by atoms with van der Waals surface area (Å²) in [4.78, 5) is 0. The molecule has 0 heterocycles. The summed E-state index contributed by atoms with van der Waals surface area (Å²) in [7, 11) is 0. The number of rotatable bonds is 4. The lowest BCUT2D eigenvalue weighted by Crippen LogP contribution is -2.14. The van der Waals surface area contributed by atoms with Gasteiger partial charge in [0.1, 0.15) is 5.82 Å². The molecule has 0 aliphatic carbocycles. The first-order valence-electron chi connectivity index (χ1n) is 4.38. The highest BCUT2D eigenvalue weighted by atomic mass is 35.5. The molecule has 1 aromatic rings. The van der Waals surface area contributed by atoms with Gasteiger partial charge in [-0.05, 0) is 25.1 Å². The Hall–Kier alpha value is -0.600. The summed E-state index contributed by atoms with van der Waals surface area (Å²) < 4.78 is 13.2. The van der Waals surface area contributed by atoms with Crippen molar-refractivity contribution in [3.8, 4) is 0 Å². The van der Waals surface area contributed by atoms with Crippen LogP contribution in [0.15, 0.2) is 18.2 Å². The number of hydrogen-bond acceptors (Lipinski definition) is 1. The summed E-state index contributed by atoms with van der Waals surface area (Å²) in [6, 6.07) is 4.75. The predicted molar refractivity (Wildman–Crippen MR) is 53.4 cm³/mol. The SMILES string of the molecule is CCCNCc1ccc(Cl)cc1F. The van der Waals surface area contributed by atoms with E-state index in [-0.39, 0.29) is 5.82 Å². The largest absolute Gasteiger partial charge is 0.313 e. The quantitative estimate of drug-likeness (QED) is 0.739. The Kier molecular flexibility index (Phi) is 4.19. The van der Waals surface area contributed by atoms with Gasteiger partial charge in [0.2, 0.25) is 0 Å². The van der Waals surface area contributed by atoms with Crippen molar-refractivity contribution in [2.24, 2.45) is 0 Å². The molecular formula is C10H13ClFN. The van der Waals surface area contributed by atoms with E-state index in [9.17, 15) is 4.39 Å². The van der Waals surface area contributed by atoms with Crippen molar-refractivity contribution in [3.05, 3.63) is 34.6 Å². The van der Waals surface area contributed by atoms with Gasteiger partial charge in [0, 0.05) is 17.1 Å². The van der Waals surface area contributed by atoms with Gasteiger partial charge in [0.25, 0.3) is 0 Å². The van der Waals surface area contributed by atoms with Crippen molar-refractivity contribution < 1.29 is 4.39 Å². The minimum atomic E-state index is -0.240. The second-order valence-corrected chi connectivity index (χ2v) is 3.35. The highest BCUT2D eigenvalue weighted by molar-refractivity contribution is 6.30. The van der Waals surface area contributed by atoms with Crippen LogP contribution in [0.25, 0.3) is 0 Å². The van der Waals surface area contributed by atoms with Gasteiger partial charge in [0.05, 0.1) is 0 Å². The van der Waals surface area contributed by atoms with Crippen LogP contribution in [-0.2, 0) is 6.54 Å². The zero-order valence-electron chi connectivity index (χ0n) is 7.61. The van der Waals surface area contributed by atoms with Crippen LogP contribution in [0.1, 0.15) is 18.9 Å². The molecule has 3 heteroatoms. The van der Waals surface area contributed by atoms with E-state index in [0.29, 0.717) is 17.1 Å². The van der Waals surface area contributed by atoms with E-state index >= 15 is 0 Å². The van der Waals surface area contributed by atoms with E-state index in [2.05, 4.69) is 12.2 Å². The summed E-state index contributed by atoms with van der Waals surface area (Å²) >= 11 is 5.62. The predicted octanol–water partition coefficient (Wildman–Crippen LogP) is 2.98. The maximum Gasteiger partial charge on any atom is 0.129 e. The fraction of sp³-hybridized carbons (Fsp3) is 0.400. The third-order valence-corrected chi connectivity index (χ3v) is 1.99. The van der Waals surface area contributed by atoms with Gasteiger partial charge in [-0.15, -0.1) is 0 Å². The Balaban J connectivity index is 2.56. The molecule has 0 spiro atoms. The average Bonchev–Trinajstić information content (AvgIpc) is 2.09. The highest BCUT2D eigenvalue weighted by Gasteiger charge is 2.01. The Morgan fingerprint density at radius 2 is 2.23 bits per heavy atom. The van der Waals surface area contributed by atoms with E-state index < -0.39 is 0 Å². The summed E-state index contributed by atoms with van der Waals surface area (Å²) in [6.07, 6.45) is 1.05. The van der Waals surface area contributed by atoms with E-state index in [1.165, 1.54) is 6.07 Å². The molecule has 0 fully saturated rings. The molecule has 0 unspecified atom stereocenters. The molecule has 1 aromatic carbocycles. The Bertz CT molecular complexity index is 276. The minimum Gasteiger partial charge on any atom is -0.313 e. The fourth-order valence-electron chi connectivity index (χ4n) is 1.06. The molecule has 0 atom stereocenters. The first-order valence-corrected chi connectivity index (χ1v) is 4.76. The molecule has 1 nitrogen and oxygen atoms in total. The number of halogens is 2. The van der Waals surface area contributed by atoms with Crippen LogP contribution >= 0.6 is 11.6 Å². The third kappa shape index (κ3) is 3.33. The molecule has 1 N–H and O–H groups in total. The van der Waals surface area contributed by atoms with Crippen molar-refractivity contribution in [1.29, 1.82) is 0 Å².